The highest BCUT2D eigenvalue weighted by Gasteiger charge is 2.38. The predicted octanol–water partition coefficient (Wildman–Crippen LogP) is 4.03. The third kappa shape index (κ3) is 4.50. The standard InChI is InChI=1S/C22H27F3N4O2/c1-13-11-20-26-17(12-18(21(24)25)29(20)27-13)15-7-9-28(10-8-15)22(30)14(2)31-19-6-4-3-5-16(19)23/h3-6,11,14-15,17-18,21,26H,7-10,12H2,1-2H3/t14-,17+,18-/m1/s1. The molecule has 1 aromatic carbocycles. The number of rotatable bonds is 5. The van der Waals surface area contributed by atoms with Gasteiger partial charge in [-0.1, -0.05) is 12.1 Å². The first kappa shape index (κ1) is 21.5. The van der Waals surface area contributed by atoms with Gasteiger partial charge >= 0.3 is 0 Å². The van der Waals surface area contributed by atoms with Crippen LogP contribution in [0.15, 0.2) is 30.3 Å². The Kier molecular flexibility index (Phi) is 6.11. The van der Waals surface area contributed by atoms with Crippen LogP contribution in [0, 0.1) is 18.7 Å². The maximum atomic E-state index is 13.8. The second-order valence-corrected chi connectivity index (χ2v) is 8.36. The van der Waals surface area contributed by atoms with Crippen LogP contribution in [0.3, 0.4) is 0 Å². The molecule has 0 radical (unpaired) electrons. The van der Waals surface area contributed by atoms with Crippen LogP contribution in [0.1, 0.15) is 37.9 Å². The fourth-order valence-electron chi connectivity index (χ4n) is 4.57. The number of aryl methyl sites for hydroxylation is 1. The van der Waals surface area contributed by atoms with Gasteiger partial charge in [0.25, 0.3) is 12.3 Å². The summed E-state index contributed by atoms with van der Waals surface area (Å²) in [5, 5.41) is 7.58. The van der Waals surface area contributed by atoms with Crippen molar-refractivity contribution in [2.24, 2.45) is 5.92 Å². The molecule has 9 heteroatoms. The largest absolute Gasteiger partial charge is 0.478 e. The van der Waals surface area contributed by atoms with Crippen molar-refractivity contribution in [3.05, 3.63) is 41.8 Å². The molecule has 0 saturated carbocycles. The first-order valence-electron chi connectivity index (χ1n) is 10.6. The van der Waals surface area contributed by atoms with E-state index in [1.807, 2.05) is 0 Å². The van der Waals surface area contributed by atoms with Gasteiger partial charge in [-0.2, -0.15) is 5.10 Å². The zero-order valence-corrected chi connectivity index (χ0v) is 17.6. The molecule has 1 N–H and O–H groups in total. The molecule has 1 fully saturated rings. The Bertz CT molecular complexity index is 927. The van der Waals surface area contributed by atoms with E-state index >= 15 is 0 Å². The molecule has 2 aromatic rings. The average Bonchev–Trinajstić information content (AvgIpc) is 3.14. The van der Waals surface area contributed by atoms with Gasteiger partial charge < -0.3 is 15.0 Å². The van der Waals surface area contributed by atoms with E-state index in [2.05, 4.69) is 10.4 Å². The number of anilines is 1. The molecule has 2 aliphatic rings. The lowest BCUT2D eigenvalue weighted by molar-refractivity contribution is -0.139. The van der Waals surface area contributed by atoms with E-state index in [1.54, 1.807) is 36.9 Å². The molecule has 6 nitrogen and oxygen atoms in total. The monoisotopic (exact) mass is 436 g/mol. The molecule has 0 spiro atoms. The highest BCUT2D eigenvalue weighted by atomic mass is 19.3. The smallest absolute Gasteiger partial charge is 0.263 e. The number of carbonyl (C=O) groups excluding carboxylic acids is 1. The third-order valence-electron chi connectivity index (χ3n) is 6.20. The maximum Gasteiger partial charge on any atom is 0.263 e. The van der Waals surface area contributed by atoms with E-state index in [9.17, 15) is 18.0 Å². The molecule has 0 aliphatic carbocycles. The van der Waals surface area contributed by atoms with Crippen molar-refractivity contribution in [3.8, 4) is 5.75 Å². The molecule has 0 bridgehead atoms. The van der Waals surface area contributed by atoms with Crippen LogP contribution < -0.4 is 10.1 Å². The Morgan fingerprint density at radius 1 is 1.26 bits per heavy atom. The lowest BCUT2D eigenvalue weighted by atomic mass is 9.85. The van der Waals surface area contributed by atoms with E-state index in [1.165, 1.54) is 16.8 Å². The third-order valence-corrected chi connectivity index (χ3v) is 6.20. The molecule has 1 aromatic heterocycles. The lowest BCUT2D eigenvalue weighted by Gasteiger charge is -2.40. The Morgan fingerprint density at radius 2 is 1.97 bits per heavy atom. The number of likely N-dealkylation sites (tertiary alicyclic amines) is 1. The summed E-state index contributed by atoms with van der Waals surface area (Å²) in [4.78, 5) is 14.5. The van der Waals surface area contributed by atoms with Crippen molar-refractivity contribution < 1.29 is 22.7 Å². The number of amides is 1. The minimum absolute atomic E-state index is 0.0505. The SMILES string of the molecule is Cc1cc2n(n1)[C@@H](C(F)F)C[C@@H](C1CCN(C(=O)[C@@H](C)Oc3ccccc3F)CC1)N2. The van der Waals surface area contributed by atoms with E-state index in [-0.39, 0.29) is 23.6 Å². The number of nitrogens with one attached hydrogen (secondary N) is 1. The molecule has 3 heterocycles. The summed E-state index contributed by atoms with van der Waals surface area (Å²) in [6.45, 7) is 4.44. The first-order valence-corrected chi connectivity index (χ1v) is 10.6. The number of ether oxygens (including phenoxy) is 1. The Morgan fingerprint density at radius 3 is 2.65 bits per heavy atom. The molecule has 3 atom stereocenters. The molecule has 0 unspecified atom stereocenters. The van der Waals surface area contributed by atoms with Crippen molar-refractivity contribution >= 4 is 11.7 Å². The number of benzene rings is 1. The summed E-state index contributed by atoms with van der Waals surface area (Å²) >= 11 is 0. The number of hydrogen-bond donors (Lipinski definition) is 1. The van der Waals surface area contributed by atoms with E-state index in [0.717, 1.165) is 0 Å². The number of carbonyl (C=O) groups is 1. The van der Waals surface area contributed by atoms with Gasteiger partial charge in [-0.15, -0.1) is 0 Å². The number of piperidine rings is 1. The molecular formula is C22H27F3N4O2. The van der Waals surface area contributed by atoms with Crippen LogP contribution in [0.4, 0.5) is 19.0 Å². The molecule has 1 amide bonds. The minimum atomic E-state index is -2.49. The van der Waals surface area contributed by atoms with Gasteiger partial charge in [-0.3, -0.25) is 4.79 Å². The van der Waals surface area contributed by atoms with E-state index < -0.39 is 24.4 Å². The Labute approximate surface area is 179 Å². The van der Waals surface area contributed by atoms with Gasteiger partial charge in [0.2, 0.25) is 0 Å². The van der Waals surface area contributed by atoms with Crippen LogP contribution in [0.25, 0.3) is 0 Å². The number of hydrogen-bond acceptors (Lipinski definition) is 4. The van der Waals surface area contributed by atoms with Crippen LogP contribution >= 0.6 is 0 Å². The van der Waals surface area contributed by atoms with Crippen molar-refractivity contribution in [3.63, 3.8) is 0 Å². The number of halogens is 3. The topological polar surface area (TPSA) is 59.4 Å². The molecule has 2 aliphatic heterocycles. The summed E-state index contributed by atoms with van der Waals surface area (Å²) in [6, 6.07) is 6.75. The quantitative estimate of drug-likeness (QED) is 0.769. The second-order valence-electron chi connectivity index (χ2n) is 8.36. The maximum absolute atomic E-state index is 13.8. The number of para-hydroxylation sites is 1. The lowest BCUT2D eigenvalue weighted by Crippen LogP contribution is -2.48. The van der Waals surface area contributed by atoms with E-state index in [4.69, 9.17) is 4.74 Å². The molecule has 4 rings (SSSR count). The van der Waals surface area contributed by atoms with Gasteiger partial charge in [0.05, 0.1) is 5.69 Å². The number of alkyl halides is 2. The highest BCUT2D eigenvalue weighted by Crippen LogP contribution is 2.37. The zero-order chi connectivity index (χ0) is 22.1. The van der Waals surface area contributed by atoms with Crippen LogP contribution in [0.5, 0.6) is 5.75 Å². The van der Waals surface area contributed by atoms with Crippen molar-refractivity contribution in [1.29, 1.82) is 0 Å². The van der Waals surface area contributed by atoms with E-state index in [0.29, 0.717) is 43.9 Å². The predicted molar refractivity (Wildman–Crippen MR) is 110 cm³/mol. The number of aromatic nitrogens is 2. The number of fused-ring (bicyclic) bond motifs is 1. The molecule has 1 saturated heterocycles. The minimum Gasteiger partial charge on any atom is -0.478 e. The molecule has 168 valence electrons. The fourth-order valence-corrected chi connectivity index (χ4v) is 4.57. The van der Waals surface area contributed by atoms with Gasteiger partial charge in [0.1, 0.15) is 11.9 Å². The zero-order valence-electron chi connectivity index (χ0n) is 17.6. The van der Waals surface area contributed by atoms with Crippen LogP contribution in [-0.4, -0.2) is 52.2 Å². The van der Waals surface area contributed by atoms with Gasteiger partial charge in [-0.05, 0) is 51.2 Å². The van der Waals surface area contributed by atoms with Gasteiger partial charge in [0.15, 0.2) is 17.7 Å². The normalized spacial score (nSPS) is 22.7. The summed E-state index contributed by atoms with van der Waals surface area (Å²) in [6.07, 6.45) is -1.57. The van der Waals surface area contributed by atoms with Crippen molar-refractivity contribution in [2.45, 2.75) is 57.7 Å². The average molecular weight is 436 g/mol. The van der Waals surface area contributed by atoms with Gasteiger partial charge in [0, 0.05) is 25.2 Å². The van der Waals surface area contributed by atoms with Crippen molar-refractivity contribution in [2.75, 3.05) is 18.4 Å². The van der Waals surface area contributed by atoms with Crippen LogP contribution in [-0.2, 0) is 4.79 Å². The Balaban J connectivity index is 1.35. The fraction of sp³-hybridized carbons (Fsp3) is 0.545. The summed E-state index contributed by atoms with van der Waals surface area (Å²) < 4.78 is 48.0. The Hall–Kier alpha value is -2.71. The van der Waals surface area contributed by atoms with Gasteiger partial charge in [-0.25, -0.2) is 17.9 Å². The number of nitrogens with zero attached hydrogens (tertiary/aromatic N) is 3. The summed E-state index contributed by atoms with van der Waals surface area (Å²) in [5.74, 6) is 0.154. The van der Waals surface area contributed by atoms with Crippen LogP contribution in [0.2, 0.25) is 0 Å². The molecular weight excluding hydrogens is 409 g/mol. The van der Waals surface area contributed by atoms with Crippen molar-refractivity contribution in [1.82, 2.24) is 14.7 Å². The highest BCUT2D eigenvalue weighted by molar-refractivity contribution is 5.81. The summed E-state index contributed by atoms with van der Waals surface area (Å²) in [7, 11) is 0. The second kappa shape index (κ2) is 8.80. The first-order chi connectivity index (χ1) is 14.8. The summed E-state index contributed by atoms with van der Waals surface area (Å²) in [5.41, 5.74) is 0.707. The molecule has 31 heavy (non-hydrogen) atoms.